The van der Waals surface area contributed by atoms with Crippen LogP contribution >= 0.6 is 11.8 Å². The van der Waals surface area contributed by atoms with Crippen LogP contribution in [0, 0.1) is 5.82 Å². The van der Waals surface area contributed by atoms with Crippen LogP contribution in [0.5, 0.6) is 0 Å². The predicted molar refractivity (Wildman–Crippen MR) is 87.4 cm³/mol. The number of amides is 1. The molecular formula is C16H18FN3O2S. The number of benzene rings is 1. The number of nitrogens with one attached hydrogen (secondary N) is 1. The first-order chi connectivity index (χ1) is 11.1. The molecule has 0 radical (unpaired) electrons. The molecule has 122 valence electrons. The van der Waals surface area contributed by atoms with E-state index in [2.05, 4.69) is 10.4 Å². The lowest BCUT2D eigenvalue weighted by Crippen LogP contribution is -2.45. The number of rotatable bonds is 4. The van der Waals surface area contributed by atoms with Crippen LogP contribution in [0.3, 0.4) is 0 Å². The van der Waals surface area contributed by atoms with Gasteiger partial charge >= 0.3 is 0 Å². The molecule has 0 saturated carbocycles. The van der Waals surface area contributed by atoms with Gasteiger partial charge in [-0.15, -0.1) is 0 Å². The van der Waals surface area contributed by atoms with Gasteiger partial charge in [0.15, 0.2) is 5.69 Å². The first-order valence-corrected chi connectivity index (χ1v) is 8.62. The summed E-state index contributed by atoms with van der Waals surface area (Å²) in [7, 11) is 0. The zero-order valence-corrected chi connectivity index (χ0v) is 13.4. The van der Waals surface area contributed by atoms with E-state index in [4.69, 9.17) is 0 Å². The number of hydrogen-bond acceptors (Lipinski definition) is 4. The lowest BCUT2D eigenvalue weighted by Gasteiger charge is -2.31. The highest BCUT2D eigenvalue weighted by Gasteiger charge is 2.30. The van der Waals surface area contributed by atoms with Crippen molar-refractivity contribution >= 4 is 17.7 Å². The van der Waals surface area contributed by atoms with Crippen molar-refractivity contribution in [2.45, 2.75) is 18.4 Å². The lowest BCUT2D eigenvalue weighted by atomic mass is 9.97. The number of halogens is 1. The molecular weight excluding hydrogens is 317 g/mol. The van der Waals surface area contributed by atoms with Crippen molar-refractivity contribution in [2.24, 2.45) is 0 Å². The minimum Gasteiger partial charge on any atom is -0.388 e. The summed E-state index contributed by atoms with van der Waals surface area (Å²) in [6.45, 7) is 0.207. The predicted octanol–water partition coefficient (Wildman–Crippen LogP) is 2.00. The number of carbonyl (C=O) groups is 1. The lowest BCUT2D eigenvalue weighted by molar-refractivity contribution is 0.0310. The Kier molecular flexibility index (Phi) is 4.68. The van der Waals surface area contributed by atoms with Crippen LogP contribution < -0.4 is 5.32 Å². The highest BCUT2D eigenvalue weighted by atomic mass is 32.2. The zero-order valence-electron chi connectivity index (χ0n) is 12.5. The summed E-state index contributed by atoms with van der Waals surface area (Å²) in [6.07, 6.45) is 2.88. The maximum Gasteiger partial charge on any atom is 0.271 e. The Bertz CT molecular complexity index is 698. The Balaban J connectivity index is 1.66. The molecule has 2 aromatic rings. The molecule has 0 bridgehead atoms. The largest absolute Gasteiger partial charge is 0.388 e. The number of aromatic nitrogens is 2. The molecule has 2 heterocycles. The van der Waals surface area contributed by atoms with Crippen LogP contribution in [-0.4, -0.2) is 44.4 Å². The van der Waals surface area contributed by atoms with Gasteiger partial charge in [0.2, 0.25) is 0 Å². The minimum atomic E-state index is -0.838. The molecule has 1 amide bonds. The molecule has 2 N–H and O–H groups in total. The van der Waals surface area contributed by atoms with E-state index in [-0.39, 0.29) is 23.8 Å². The molecule has 1 fully saturated rings. The minimum absolute atomic E-state index is 0.196. The van der Waals surface area contributed by atoms with Gasteiger partial charge in [-0.2, -0.15) is 16.9 Å². The summed E-state index contributed by atoms with van der Waals surface area (Å²) in [5, 5.41) is 17.2. The molecule has 7 heteroatoms. The average Bonchev–Trinajstić information content (AvgIpc) is 3.04. The van der Waals surface area contributed by atoms with E-state index in [0.717, 1.165) is 11.5 Å². The van der Waals surface area contributed by atoms with Crippen molar-refractivity contribution in [2.75, 3.05) is 18.1 Å². The number of hydrogen-bond donors (Lipinski definition) is 2. The molecule has 0 unspecified atom stereocenters. The number of carbonyl (C=O) groups excluding carboxylic acids is 1. The summed E-state index contributed by atoms with van der Waals surface area (Å²) in [5.41, 5.74) is -0.355. The van der Waals surface area contributed by atoms with Gasteiger partial charge < -0.3 is 10.4 Å². The molecule has 1 aromatic carbocycles. The number of para-hydroxylation sites is 1. The van der Waals surface area contributed by atoms with Crippen LogP contribution in [0.2, 0.25) is 0 Å². The maximum atomic E-state index is 13.7. The molecule has 5 nitrogen and oxygen atoms in total. The third-order valence-electron chi connectivity index (χ3n) is 3.92. The van der Waals surface area contributed by atoms with Crippen LogP contribution in [-0.2, 0) is 0 Å². The van der Waals surface area contributed by atoms with Crippen molar-refractivity contribution in [1.29, 1.82) is 0 Å². The van der Waals surface area contributed by atoms with Gasteiger partial charge in [-0.1, -0.05) is 12.1 Å². The van der Waals surface area contributed by atoms with Gasteiger partial charge in [0.05, 0.1) is 5.60 Å². The highest BCUT2D eigenvalue weighted by molar-refractivity contribution is 7.99. The van der Waals surface area contributed by atoms with Crippen molar-refractivity contribution < 1.29 is 14.3 Å². The topological polar surface area (TPSA) is 67.2 Å². The first kappa shape index (κ1) is 16.0. The van der Waals surface area contributed by atoms with Crippen molar-refractivity contribution in [3.8, 4) is 5.69 Å². The number of thioether (sulfide) groups is 1. The van der Waals surface area contributed by atoms with Crippen LogP contribution in [0.15, 0.2) is 36.5 Å². The summed E-state index contributed by atoms with van der Waals surface area (Å²) in [4.78, 5) is 12.2. The third kappa shape index (κ3) is 3.73. The molecule has 0 spiro atoms. The monoisotopic (exact) mass is 335 g/mol. The molecule has 1 aliphatic heterocycles. The van der Waals surface area contributed by atoms with E-state index < -0.39 is 11.4 Å². The van der Waals surface area contributed by atoms with E-state index in [0.29, 0.717) is 12.8 Å². The van der Waals surface area contributed by atoms with Crippen LogP contribution in [0.4, 0.5) is 4.39 Å². The Morgan fingerprint density at radius 3 is 2.83 bits per heavy atom. The maximum absolute atomic E-state index is 13.7. The average molecular weight is 335 g/mol. The summed E-state index contributed by atoms with van der Waals surface area (Å²) in [5.74, 6) is 1.02. The van der Waals surface area contributed by atoms with E-state index in [9.17, 15) is 14.3 Å². The molecule has 23 heavy (non-hydrogen) atoms. The fourth-order valence-electron chi connectivity index (χ4n) is 2.48. The third-order valence-corrected chi connectivity index (χ3v) is 4.91. The van der Waals surface area contributed by atoms with Gasteiger partial charge in [0.25, 0.3) is 5.91 Å². The van der Waals surface area contributed by atoms with Crippen LogP contribution in [0.25, 0.3) is 5.69 Å². The second-order valence-electron chi connectivity index (χ2n) is 5.62. The summed E-state index contributed by atoms with van der Waals surface area (Å²) in [6, 6.07) is 7.76. The molecule has 1 aliphatic rings. The van der Waals surface area contributed by atoms with Gasteiger partial charge in [0.1, 0.15) is 11.5 Å². The second kappa shape index (κ2) is 6.72. The standard InChI is InChI=1S/C16H18FN3O2S/c17-12-3-1-2-4-14(12)20-8-5-13(19-20)15(21)18-11-16(22)6-9-23-10-7-16/h1-5,8,22H,6-7,9-11H2,(H,18,21). The Hall–Kier alpha value is -1.86. The fourth-order valence-corrected chi connectivity index (χ4v) is 3.73. The Labute approximate surface area is 137 Å². The number of nitrogens with zero attached hydrogens (tertiary/aromatic N) is 2. The van der Waals surface area contributed by atoms with E-state index in [1.807, 2.05) is 0 Å². The molecule has 0 atom stereocenters. The highest BCUT2D eigenvalue weighted by Crippen LogP contribution is 2.26. The van der Waals surface area contributed by atoms with Crippen LogP contribution in [0.1, 0.15) is 23.3 Å². The quantitative estimate of drug-likeness (QED) is 0.897. The molecule has 1 aromatic heterocycles. The van der Waals surface area contributed by atoms with E-state index in [1.54, 1.807) is 36.2 Å². The number of aliphatic hydroxyl groups is 1. The van der Waals surface area contributed by atoms with E-state index in [1.165, 1.54) is 16.8 Å². The molecule has 0 aliphatic carbocycles. The smallest absolute Gasteiger partial charge is 0.271 e. The first-order valence-electron chi connectivity index (χ1n) is 7.46. The Morgan fingerprint density at radius 1 is 1.35 bits per heavy atom. The SMILES string of the molecule is O=C(NCC1(O)CCSCC1)c1ccn(-c2ccccc2F)n1. The van der Waals surface area contributed by atoms with Crippen molar-refractivity contribution in [3.05, 3.63) is 48.0 Å². The molecule has 1 saturated heterocycles. The van der Waals surface area contributed by atoms with Gasteiger partial charge in [0, 0.05) is 12.7 Å². The van der Waals surface area contributed by atoms with Gasteiger partial charge in [-0.25, -0.2) is 9.07 Å². The second-order valence-corrected chi connectivity index (χ2v) is 6.84. The summed E-state index contributed by atoms with van der Waals surface area (Å²) < 4.78 is 15.1. The van der Waals surface area contributed by atoms with Gasteiger partial charge in [-0.3, -0.25) is 4.79 Å². The fraction of sp³-hybridized carbons (Fsp3) is 0.375. The normalized spacial score (nSPS) is 17.0. The van der Waals surface area contributed by atoms with Crippen molar-refractivity contribution in [1.82, 2.24) is 15.1 Å². The van der Waals surface area contributed by atoms with E-state index >= 15 is 0 Å². The van der Waals surface area contributed by atoms with Gasteiger partial charge in [-0.05, 0) is 42.5 Å². The molecule has 3 rings (SSSR count). The van der Waals surface area contributed by atoms with Crippen molar-refractivity contribution in [3.63, 3.8) is 0 Å². The zero-order chi connectivity index (χ0) is 16.3. The Morgan fingerprint density at radius 2 is 2.09 bits per heavy atom. The summed E-state index contributed by atoms with van der Waals surface area (Å²) >= 11 is 1.81.